The second kappa shape index (κ2) is 6.37. The van der Waals surface area contributed by atoms with Crippen molar-refractivity contribution in [1.29, 1.82) is 0 Å². The van der Waals surface area contributed by atoms with E-state index in [1.807, 2.05) is 13.1 Å². The van der Waals surface area contributed by atoms with Crippen molar-refractivity contribution < 1.29 is 0 Å². The fourth-order valence-electron chi connectivity index (χ4n) is 2.27. The highest BCUT2D eigenvalue weighted by Crippen LogP contribution is 2.21. The topological polar surface area (TPSA) is 41.1 Å². The van der Waals surface area contributed by atoms with E-state index in [1.54, 1.807) is 6.20 Å². The largest absolute Gasteiger partial charge is 0.369 e. The van der Waals surface area contributed by atoms with Gasteiger partial charge in [-0.2, -0.15) is 0 Å². The first-order valence-corrected chi connectivity index (χ1v) is 6.93. The Balaban J connectivity index is 2.08. The van der Waals surface area contributed by atoms with E-state index in [2.05, 4.69) is 59.3 Å². The molecule has 0 saturated carbocycles. The highest BCUT2D eigenvalue weighted by Gasteiger charge is 2.06. The SMILES string of the molecule is CCNc1cnc(CN(C)c2ccc(C)cc2C)cn1. The second-order valence-electron chi connectivity index (χ2n) is 5.07. The van der Waals surface area contributed by atoms with Crippen LogP contribution in [0.5, 0.6) is 0 Å². The predicted molar refractivity (Wildman–Crippen MR) is 84.2 cm³/mol. The molecule has 20 heavy (non-hydrogen) atoms. The van der Waals surface area contributed by atoms with Crippen molar-refractivity contribution in [1.82, 2.24) is 9.97 Å². The van der Waals surface area contributed by atoms with Crippen molar-refractivity contribution in [3.05, 3.63) is 47.4 Å². The molecule has 4 heteroatoms. The zero-order valence-electron chi connectivity index (χ0n) is 12.6. The first-order valence-electron chi connectivity index (χ1n) is 6.93. The molecular formula is C16H22N4. The molecule has 0 saturated heterocycles. The van der Waals surface area contributed by atoms with Gasteiger partial charge in [-0.05, 0) is 32.4 Å². The molecule has 0 aliphatic rings. The highest BCUT2D eigenvalue weighted by molar-refractivity contribution is 5.53. The molecule has 0 spiro atoms. The van der Waals surface area contributed by atoms with E-state index in [0.29, 0.717) is 0 Å². The third-order valence-electron chi connectivity index (χ3n) is 3.23. The third-order valence-corrected chi connectivity index (χ3v) is 3.23. The molecule has 2 rings (SSSR count). The summed E-state index contributed by atoms with van der Waals surface area (Å²) in [5.41, 5.74) is 4.77. The molecule has 0 atom stereocenters. The number of rotatable bonds is 5. The maximum absolute atomic E-state index is 4.44. The van der Waals surface area contributed by atoms with Crippen molar-refractivity contribution in [2.24, 2.45) is 0 Å². The minimum atomic E-state index is 0.753. The van der Waals surface area contributed by atoms with Gasteiger partial charge in [0.15, 0.2) is 0 Å². The summed E-state index contributed by atoms with van der Waals surface area (Å²) in [6, 6.07) is 6.50. The lowest BCUT2D eigenvalue weighted by atomic mass is 10.1. The van der Waals surface area contributed by atoms with Crippen LogP contribution >= 0.6 is 0 Å². The fraction of sp³-hybridized carbons (Fsp3) is 0.375. The predicted octanol–water partition coefficient (Wildman–Crippen LogP) is 3.16. The first-order chi connectivity index (χ1) is 9.60. The number of anilines is 2. The summed E-state index contributed by atoms with van der Waals surface area (Å²) in [4.78, 5) is 11.0. The number of hydrogen-bond donors (Lipinski definition) is 1. The van der Waals surface area contributed by atoms with Crippen molar-refractivity contribution >= 4 is 11.5 Å². The minimum absolute atomic E-state index is 0.753. The Bertz CT molecular complexity index is 563. The Morgan fingerprint density at radius 1 is 1.15 bits per heavy atom. The van der Waals surface area contributed by atoms with Gasteiger partial charge in [-0.25, -0.2) is 4.98 Å². The zero-order valence-corrected chi connectivity index (χ0v) is 12.6. The van der Waals surface area contributed by atoms with E-state index < -0.39 is 0 Å². The number of nitrogens with one attached hydrogen (secondary N) is 1. The Morgan fingerprint density at radius 3 is 2.55 bits per heavy atom. The monoisotopic (exact) mass is 270 g/mol. The summed E-state index contributed by atoms with van der Waals surface area (Å²) < 4.78 is 0. The summed E-state index contributed by atoms with van der Waals surface area (Å²) in [6.07, 6.45) is 3.62. The summed E-state index contributed by atoms with van der Waals surface area (Å²) in [5, 5.41) is 3.15. The Hall–Kier alpha value is -2.10. The molecule has 0 fully saturated rings. The molecule has 0 bridgehead atoms. The van der Waals surface area contributed by atoms with Gasteiger partial charge < -0.3 is 10.2 Å². The van der Waals surface area contributed by atoms with E-state index in [0.717, 1.165) is 24.6 Å². The molecule has 0 radical (unpaired) electrons. The molecular weight excluding hydrogens is 248 g/mol. The van der Waals surface area contributed by atoms with E-state index in [1.165, 1.54) is 16.8 Å². The average molecular weight is 270 g/mol. The molecule has 1 aromatic carbocycles. The molecule has 0 amide bonds. The van der Waals surface area contributed by atoms with Gasteiger partial charge in [0, 0.05) is 19.3 Å². The van der Waals surface area contributed by atoms with Crippen molar-refractivity contribution in [2.75, 3.05) is 23.8 Å². The van der Waals surface area contributed by atoms with Gasteiger partial charge in [-0.3, -0.25) is 4.98 Å². The molecule has 1 heterocycles. The van der Waals surface area contributed by atoms with Gasteiger partial charge >= 0.3 is 0 Å². The van der Waals surface area contributed by atoms with Gasteiger partial charge in [0.2, 0.25) is 0 Å². The van der Waals surface area contributed by atoms with Gasteiger partial charge in [0.1, 0.15) is 5.82 Å². The Kier molecular flexibility index (Phi) is 4.56. The average Bonchev–Trinajstić information content (AvgIpc) is 2.41. The van der Waals surface area contributed by atoms with Crippen LogP contribution in [0.3, 0.4) is 0 Å². The summed E-state index contributed by atoms with van der Waals surface area (Å²) in [7, 11) is 2.08. The minimum Gasteiger partial charge on any atom is -0.369 e. The van der Waals surface area contributed by atoms with Crippen molar-refractivity contribution in [3.63, 3.8) is 0 Å². The van der Waals surface area contributed by atoms with Crippen LogP contribution in [0.1, 0.15) is 23.7 Å². The van der Waals surface area contributed by atoms with Crippen molar-refractivity contribution in [3.8, 4) is 0 Å². The molecule has 0 unspecified atom stereocenters. The lowest BCUT2D eigenvalue weighted by Gasteiger charge is -2.21. The van der Waals surface area contributed by atoms with Crippen LogP contribution < -0.4 is 10.2 Å². The third kappa shape index (κ3) is 3.47. The molecule has 0 aliphatic heterocycles. The van der Waals surface area contributed by atoms with E-state index in [9.17, 15) is 0 Å². The van der Waals surface area contributed by atoms with Crippen LogP contribution in [0, 0.1) is 13.8 Å². The first kappa shape index (κ1) is 14.3. The highest BCUT2D eigenvalue weighted by atomic mass is 15.1. The van der Waals surface area contributed by atoms with Crippen LogP contribution in [0.2, 0.25) is 0 Å². The van der Waals surface area contributed by atoms with Crippen LogP contribution in [0.4, 0.5) is 11.5 Å². The van der Waals surface area contributed by atoms with Gasteiger partial charge in [-0.15, -0.1) is 0 Å². The Labute approximate surface area is 120 Å². The van der Waals surface area contributed by atoms with Crippen LogP contribution in [0.25, 0.3) is 0 Å². The second-order valence-corrected chi connectivity index (χ2v) is 5.07. The lowest BCUT2D eigenvalue weighted by Crippen LogP contribution is -2.18. The van der Waals surface area contributed by atoms with Crippen LogP contribution in [-0.4, -0.2) is 23.6 Å². The summed E-state index contributed by atoms with van der Waals surface area (Å²) in [5.74, 6) is 0.824. The van der Waals surface area contributed by atoms with E-state index >= 15 is 0 Å². The quantitative estimate of drug-likeness (QED) is 0.906. The molecule has 1 aromatic heterocycles. The molecule has 1 N–H and O–H groups in total. The number of nitrogens with zero attached hydrogens (tertiary/aromatic N) is 3. The Morgan fingerprint density at radius 2 is 1.95 bits per heavy atom. The maximum Gasteiger partial charge on any atom is 0.144 e. The van der Waals surface area contributed by atoms with E-state index in [-0.39, 0.29) is 0 Å². The number of aromatic nitrogens is 2. The number of benzene rings is 1. The van der Waals surface area contributed by atoms with Crippen molar-refractivity contribution in [2.45, 2.75) is 27.3 Å². The lowest BCUT2D eigenvalue weighted by molar-refractivity contribution is 0.869. The van der Waals surface area contributed by atoms with Crippen LogP contribution in [-0.2, 0) is 6.54 Å². The summed E-state index contributed by atoms with van der Waals surface area (Å²) >= 11 is 0. The smallest absolute Gasteiger partial charge is 0.144 e. The van der Waals surface area contributed by atoms with Gasteiger partial charge in [0.25, 0.3) is 0 Å². The van der Waals surface area contributed by atoms with Crippen LogP contribution in [0.15, 0.2) is 30.6 Å². The maximum atomic E-state index is 4.44. The number of hydrogen-bond acceptors (Lipinski definition) is 4. The molecule has 106 valence electrons. The summed E-state index contributed by atoms with van der Waals surface area (Å²) in [6.45, 7) is 7.91. The van der Waals surface area contributed by atoms with Gasteiger partial charge in [0.05, 0.1) is 24.6 Å². The zero-order chi connectivity index (χ0) is 14.5. The normalized spacial score (nSPS) is 10.4. The fourth-order valence-corrected chi connectivity index (χ4v) is 2.27. The molecule has 0 aliphatic carbocycles. The number of aryl methyl sites for hydroxylation is 2. The van der Waals surface area contributed by atoms with Gasteiger partial charge in [-0.1, -0.05) is 17.7 Å². The molecule has 4 nitrogen and oxygen atoms in total. The molecule has 2 aromatic rings. The standard InChI is InChI=1S/C16H22N4/c1-5-17-16-10-18-14(9-19-16)11-20(4)15-7-6-12(2)8-13(15)3/h6-10H,5,11H2,1-4H3,(H,17,19). The van der Waals surface area contributed by atoms with E-state index in [4.69, 9.17) is 0 Å².